The summed E-state index contributed by atoms with van der Waals surface area (Å²) < 4.78 is 5.77. The highest BCUT2D eigenvalue weighted by Gasteiger charge is 2.34. The number of anilines is 1. The number of carbonyl (C=O) groups is 2. The highest BCUT2D eigenvalue weighted by molar-refractivity contribution is 6.33. The van der Waals surface area contributed by atoms with Crippen LogP contribution in [0.3, 0.4) is 0 Å². The molecule has 2 N–H and O–H groups in total. The number of rotatable bonds is 3. The van der Waals surface area contributed by atoms with Crippen LogP contribution in [0.25, 0.3) is 22.6 Å². The third kappa shape index (κ3) is 2.74. The topological polar surface area (TPSA) is 89.4 Å². The maximum Gasteiger partial charge on any atom is 0.228 e. The van der Waals surface area contributed by atoms with Gasteiger partial charge in [-0.15, -0.1) is 0 Å². The first-order chi connectivity index (χ1) is 12.0. The molecule has 0 bridgehead atoms. The molecule has 1 atom stereocenters. The molecular weight excluding hydrogens is 342 g/mol. The summed E-state index contributed by atoms with van der Waals surface area (Å²) in [5, 5.41) is 0.549. The molecule has 1 aliphatic rings. The average molecular weight is 356 g/mol. The lowest BCUT2D eigenvalue weighted by molar-refractivity contribution is -0.123. The standard InChI is InChI=1S/C18H14ClN3O3/c19-13-4-2-1-3-12(13)18-21-14-8-11(5-6-15(14)25-18)22-9-10(17(20)24)7-16(22)23/h1-6,8,10H,7,9H2,(H2,20,24). The minimum Gasteiger partial charge on any atom is -0.436 e. The van der Waals surface area contributed by atoms with E-state index in [2.05, 4.69) is 4.98 Å². The van der Waals surface area contributed by atoms with E-state index in [1.807, 2.05) is 18.2 Å². The quantitative estimate of drug-likeness (QED) is 0.782. The first kappa shape index (κ1) is 15.7. The van der Waals surface area contributed by atoms with Crippen LogP contribution in [0.2, 0.25) is 5.02 Å². The fourth-order valence-electron chi connectivity index (χ4n) is 2.98. The Kier molecular flexibility index (Phi) is 3.69. The zero-order valence-electron chi connectivity index (χ0n) is 13.1. The van der Waals surface area contributed by atoms with Gasteiger partial charge in [-0.05, 0) is 30.3 Å². The number of amides is 2. The van der Waals surface area contributed by atoms with Gasteiger partial charge in [0.2, 0.25) is 17.7 Å². The largest absolute Gasteiger partial charge is 0.436 e. The van der Waals surface area contributed by atoms with Crippen LogP contribution in [0.1, 0.15) is 6.42 Å². The van der Waals surface area contributed by atoms with Crippen LogP contribution in [0.4, 0.5) is 5.69 Å². The molecule has 25 heavy (non-hydrogen) atoms. The Morgan fingerprint density at radius 1 is 1.28 bits per heavy atom. The first-order valence-electron chi connectivity index (χ1n) is 7.78. The van der Waals surface area contributed by atoms with Gasteiger partial charge in [-0.1, -0.05) is 23.7 Å². The van der Waals surface area contributed by atoms with Crippen LogP contribution in [0.15, 0.2) is 46.9 Å². The van der Waals surface area contributed by atoms with Crippen molar-refractivity contribution in [3.8, 4) is 11.5 Å². The van der Waals surface area contributed by atoms with Gasteiger partial charge in [-0.3, -0.25) is 9.59 Å². The maximum atomic E-state index is 12.2. The van der Waals surface area contributed by atoms with Crippen LogP contribution in [0, 0.1) is 5.92 Å². The van der Waals surface area contributed by atoms with Gasteiger partial charge < -0.3 is 15.1 Å². The molecular formula is C18H14ClN3O3. The average Bonchev–Trinajstić information content (AvgIpc) is 3.18. The molecule has 6 nitrogen and oxygen atoms in total. The molecule has 126 valence electrons. The number of carbonyl (C=O) groups excluding carboxylic acids is 2. The first-order valence-corrected chi connectivity index (χ1v) is 8.16. The Morgan fingerprint density at radius 3 is 2.80 bits per heavy atom. The molecule has 4 rings (SSSR count). The number of benzene rings is 2. The molecule has 1 fully saturated rings. The number of nitrogens with two attached hydrogens (primary N) is 1. The number of aromatic nitrogens is 1. The van der Waals surface area contributed by atoms with E-state index in [0.29, 0.717) is 33.3 Å². The second-order valence-electron chi connectivity index (χ2n) is 5.96. The van der Waals surface area contributed by atoms with Crippen LogP contribution >= 0.6 is 11.6 Å². The second-order valence-corrected chi connectivity index (χ2v) is 6.37. The highest BCUT2D eigenvalue weighted by atomic mass is 35.5. The third-order valence-electron chi connectivity index (χ3n) is 4.31. The van der Waals surface area contributed by atoms with Crippen LogP contribution in [0.5, 0.6) is 0 Å². The monoisotopic (exact) mass is 355 g/mol. The Balaban J connectivity index is 1.71. The van der Waals surface area contributed by atoms with Crippen molar-refractivity contribution in [1.82, 2.24) is 4.98 Å². The molecule has 0 spiro atoms. The van der Waals surface area contributed by atoms with E-state index in [4.69, 9.17) is 21.8 Å². The Morgan fingerprint density at radius 2 is 2.08 bits per heavy atom. The molecule has 1 aromatic heterocycles. The van der Waals surface area contributed by atoms with Gasteiger partial charge in [0.1, 0.15) is 5.52 Å². The lowest BCUT2D eigenvalue weighted by Gasteiger charge is -2.15. The van der Waals surface area contributed by atoms with E-state index in [9.17, 15) is 9.59 Å². The number of hydrogen-bond donors (Lipinski definition) is 1. The van der Waals surface area contributed by atoms with Crippen LogP contribution in [-0.4, -0.2) is 23.3 Å². The van der Waals surface area contributed by atoms with Crippen LogP contribution in [-0.2, 0) is 9.59 Å². The molecule has 1 unspecified atom stereocenters. The Labute approximate surface area is 148 Å². The van der Waals surface area contributed by atoms with Gasteiger partial charge in [-0.2, -0.15) is 0 Å². The zero-order chi connectivity index (χ0) is 17.6. The van der Waals surface area contributed by atoms with E-state index >= 15 is 0 Å². The summed E-state index contributed by atoms with van der Waals surface area (Å²) in [6.07, 6.45) is 0.136. The molecule has 2 aromatic carbocycles. The van der Waals surface area contributed by atoms with E-state index in [-0.39, 0.29) is 18.9 Å². The lowest BCUT2D eigenvalue weighted by atomic mass is 10.1. The zero-order valence-corrected chi connectivity index (χ0v) is 13.9. The van der Waals surface area contributed by atoms with E-state index in [1.165, 1.54) is 0 Å². The van der Waals surface area contributed by atoms with E-state index in [1.54, 1.807) is 29.2 Å². The smallest absolute Gasteiger partial charge is 0.228 e. The summed E-state index contributed by atoms with van der Waals surface area (Å²) in [6, 6.07) is 12.6. The summed E-state index contributed by atoms with van der Waals surface area (Å²) in [6.45, 7) is 0.287. The minimum absolute atomic E-state index is 0.127. The predicted octanol–water partition coefficient (Wildman–Crippen LogP) is 2.99. The van der Waals surface area contributed by atoms with Gasteiger partial charge in [-0.25, -0.2) is 4.98 Å². The lowest BCUT2D eigenvalue weighted by Crippen LogP contribution is -2.28. The Hall–Kier alpha value is -2.86. The predicted molar refractivity (Wildman–Crippen MR) is 94.1 cm³/mol. The fraction of sp³-hybridized carbons (Fsp3) is 0.167. The minimum atomic E-state index is -0.459. The van der Waals surface area contributed by atoms with Crippen molar-refractivity contribution >= 4 is 40.2 Å². The molecule has 1 aliphatic heterocycles. The number of halogens is 1. The molecule has 2 heterocycles. The summed E-state index contributed by atoms with van der Waals surface area (Å²) in [5.74, 6) is -0.628. The number of fused-ring (bicyclic) bond motifs is 1. The highest BCUT2D eigenvalue weighted by Crippen LogP contribution is 2.32. The van der Waals surface area contributed by atoms with E-state index < -0.39 is 11.8 Å². The Bertz CT molecular complexity index is 998. The summed E-state index contributed by atoms with van der Waals surface area (Å²) >= 11 is 6.19. The molecule has 0 saturated carbocycles. The molecule has 1 saturated heterocycles. The summed E-state index contributed by atoms with van der Waals surface area (Å²) in [4.78, 5) is 29.5. The number of primary amides is 1. The fourth-order valence-corrected chi connectivity index (χ4v) is 3.20. The van der Waals surface area contributed by atoms with Crippen molar-refractivity contribution in [2.24, 2.45) is 11.7 Å². The second kappa shape index (κ2) is 5.89. The number of oxazole rings is 1. The van der Waals surface area contributed by atoms with Gasteiger partial charge in [0.05, 0.1) is 16.5 Å². The van der Waals surface area contributed by atoms with Crippen molar-refractivity contribution in [2.75, 3.05) is 11.4 Å². The number of hydrogen-bond acceptors (Lipinski definition) is 4. The third-order valence-corrected chi connectivity index (χ3v) is 4.64. The van der Waals surface area contributed by atoms with Gasteiger partial charge >= 0.3 is 0 Å². The molecule has 7 heteroatoms. The summed E-state index contributed by atoms with van der Waals surface area (Å²) in [5.41, 5.74) is 7.89. The summed E-state index contributed by atoms with van der Waals surface area (Å²) in [7, 11) is 0. The maximum absolute atomic E-state index is 12.2. The van der Waals surface area contributed by atoms with Gasteiger partial charge in [0, 0.05) is 18.7 Å². The van der Waals surface area contributed by atoms with Crippen molar-refractivity contribution in [1.29, 1.82) is 0 Å². The number of nitrogens with zero attached hydrogens (tertiary/aromatic N) is 2. The van der Waals surface area contributed by atoms with Crippen molar-refractivity contribution in [2.45, 2.75) is 6.42 Å². The SMILES string of the molecule is NC(=O)C1CC(=O)N(c2ccc3oc(-c4ccccc4Cl)nc3c2)C1. The van der Waals surface area contributed by atoms with Crippen molar-refractivity contribution in [3.63, 3.8) is 0 Å². The molecule has 0 aliphatic carbocycles. The molecule has 3 aromatic rings. The van der Waals surface area contributed by atoms with Gasteiger partial charge in [0.15, 0.2) is 5.58 Å². The van der Waals surface area contributed by atoms with Crippen LogP contribution < -0.4 is 10.6 Å². The van der Waals surface area contributed by atoms with Crippen molar-refractivity contribution in [3.05, 3.63) is 47.5 Å². The van der Waals surface area contributed by atoms with Crippen molar-refractivity contribution < 1.29 is 14.0 Å². The van der Waals surface area contributed by atoms with Gasteiger partial charge in [0.25, 0.3) is 0 Å². The normalized spacial score (nSPS) is 17.4. The molecule has 2 amide bonds. The molecule has 0 radical (unpaired) electrons. The van der Waals surface area contributed by atoms with E-state index in [0.717, 1.165) is 0 Å².